The van der Waals surface area contributed by atoms with Crippen LogP contribution < -0.4 is 11.1 Å². The zero-order valence-corrected chi connectivity index (χ0v) is 16.8. The summed E-state index contributed by atoms with van der Waals surface area (Å²) in [6.45, 7) is 5.70. The fraction of sp³-hybridized carbons (Fsp3) is 0.476. The molecule has 152 valence electrons. The number of benzene rings is 1. The summed E-state index contributed by atoms with van der Waals surface area (Å²) in [5.74, 6) is -0.704. The molecular weight excluding hydrogens is 356 g/mol. The second-order valence-electron chi connectivity index (χ2n) is 7.56. The molecule has 4 N–H and O–H groups in total. The van der Waals surface area contributed by atoms with Crippen molar-refractivity contribution in [3.05, 3.63) is 36.0 Å². The summed E-state index contributed by atoms with van der Waals surface area (Å²) in [6.07, 6.45) is 3.82. The molecule has 0 aliphatic rings. The molecule has 0 fully saturated rings. The van der Waals surface area contributed by atoms with Crippen LogP contribution in [0.4, 0.5) is 0 Å². The number of aromatic nitrogens is 1. The first-order valence-electron chi connectivity index (χ1n) is 9.67. The fourth-order valence-electron chi connectivity index (χ4n) is 3.27. The van der Waals surface area contributed by atoms with Crippen LogP contribution in [0.1, 0.15) is 39.2 Å². The highest BCUT2D eigenvalue weighted by Crippen LogP contribution is 2.18. The molecule has 2 rings (SSSR count). The van der Waals surface area contributed by atoms with Gasteiger partial charge in [-0.05, 0) is 36.8 Å². The van der Waals surface area contributed by atoms with Gasteiger partial charge in [-0.2, -0.15) is 0 Å². The van der Waals surface area contributed by atoms with E-state index in [-0.39, 0.29) is 18.4 Å². The van der Waals surface area contributed by atoms with E-state index in [1.54, 1.807) is 0 Å². The Labute approximate surface area is 165 Å². The zero-order valence-electron chi connectivity index (χ0n) is 16.8. The Kier molecular flexibility index (Phi) is 7.61. The average Bonchev–Trinajstić information content (AvgIpc) is 3.04. The van der Waals surface area contributed by atoms with Crippen LogP contribution in [0.3, 0.4) is 0 Å². The molecule has 2 aromatic rings. The quantitative estimate of drug-likeness (QED) is 0.581. The van der Waals surface area contributed by atoms with Crippen molar-refractivity contribution in [1.82, 2.24) is 15.2 Å². The van der Waals surface area contributed by atoms with E-state index in [2.05, 4.69) is 24.1 Å². The van der Waals surface area contributed by atoms with E-state index in [0.29, 0.717) is 25.3 Å². The molecule has 0 bridgehead atoms. The molecule has 7 nitrogen and oxygen atoms in total. The van der Waals surface area contributed by atoms with Gasteiger partial charge in [-0.1, -0.05) is 32.0 Å². The Hall–Kier alpha value is -2.83. The number of nitrogens with zero attached hydrogens (tertiary/aromatic N) is 1. The van der Waals surface area contributed by atoms with E-state index < -0.39 is 11.9 Å². The van der Waals surface area contributed by atoms with Gasteiger partial charge in [-0.25, -0.2) is 0 Å². The summed E-state index contributed by atoms with van der Waals surface area (Å²) in [5.41, 5.74) is 7.46. The van der Waals surface area contributed by atoms with Crippen molar-refractivity contribution in [3.8, 4) is 0 Å². The molecule has 7 heteroatoms. The van der Waals surface area contributed by atoms with Crippen LogP contribution in [-0.4, -0.2) is 46.7 Å². The van der Waals surface area contributed by atoms with E-state index in [4.69, 9.17) is 5.73 Å². The maximum Gasteiger partial charge on any atom is 0.245 e. The predicted octanol–water partition coefficient (Wildman–Crippen LogP) is 1.97. The number of hydrogen-bond acceptors (Lipinski definition) is 3. The van der Waals surface area contributed by atoms with Crippen LogP contribution in [0.15, 0.2) is 30.5 Å². The van der Waals surface area contributed by atoms with E-state index in [9.17, 15) is 14.4 Å². The number of carbonyl (C=O) groups is 3. The number of amides is 3. The summed E-state index contributed by atoms with van der Waals surface area (Å²) in [7, 11) is 0. The molecule has 0 saturated carbocycles. The molecule has 0 aliphatic heterocycles. The second-order valence-corrected chi connectivity index (χ2v) is 7.56. The second kappa shape index (κ2) is 9.92. The minimum atomic E-state index is -0.651. The van der Waals surface area contributed by atoms with Gasteiger partial charge in [0.05, 0.1) is 6.54 Å². The van der Waals surface area contributed by atoms with Crippen molar-refractivity contribution in [2.24, 2.45) is 11.7 Å². The summed E-state index contributed by atoms with van der Waals surface area (Å²) in [6, 6.07) is 7.28. The van der Waals surface area contributed by atoms with Gasteiger partial charge in [0.15, 0.2) is 0 Å². The molecular formula is C21H30N4O3. The summed E-state index contributed by atoms with van der Waals surface area (Å²) in [4.78, 5) is 40.8. The van der Waals surface area contributed by atoms with Gasteiger partial charge in [-0.3, -0.25) is 14.4 Å². The molecule has 0 aliphatic carbocycles. The number of carbonyl (C=O) groups excluding carboxylic acids is 3. The fourth-order valence-corrected chi connectivity index (χ4v) is 3.27. The molecule has 1 heterocycles. The number of hydrogen-bond donors (Lipinski definition) is 3. The van der Waals surface area contributed by atoms with Gasteiger partial charge in [0.2, 0.25) is 17.7 Å². The summed E-state index contributed by atoms with van der Waals surface area (Å²) in [5, 5.41) is 3.81. The standard InChI is InChI=1S/C21H30N4O3/c1-14(2)8-9-19(24-15(3)26)21(28)25(13-20(22)27)11-10-16-12-23-18-7-5-4-6-17(16)18/h4-7,12,14,19,23H,8-11,13H2,1-3H3,(H2,22,27)(H,24,26). The van der Waals surface area contributed by atoms with Crippen LogP contribution in [-0.2, 0) is 20.8 Å². The number of nitrogens with two attached hydrogens (primary N) is 1. The third-order valence-corrected chi connectivity index (χ3v) is 4.69. The van der Waals surface area contributed by atoms with Crippen molar-refractivity contribution in [2.75, 3.05) is 13.1 Å². The number of aromatic amines is 1. The summed E-state index contributed by atoms with van der Waals surface area (Å²) < 4.78 is 0. The number of nitrogens with one attached hydrogen (secondary N) is 2. The SMILES string of the molecule is CC(=O)NC(CCC(C)C)C(=O)N(CCc1c[nH]c2ccccc12)CC(N)=O. The molecule has 1 aromatic heterocycles. The van der Waals surface area contributed by atoms with E-state index in [1.165, 1.54) is 11.8 Å². The molecule has 28 heavy (non-hydrogen) atoms. The first-order chi connectivity index (χ1) is 13.3. The van der Waals surface area contributed by atoms with Gasteiger partial charge >= 0.3 is 0 Å². The Bertz CT molecular complexity index is 828. The van der Waals surface area contributed by atoms with Crippen LogP contribution in [0.2, 0.25) is 0 Å². The Balaban J connectivity index is 2.14. The highest BCUT2D eigenvalue weighted by molar-refractivity contribution is 5.90. The van der Waals surface area contributed by atoms with Gasteiger partial charge in [-0.15, -0.1) is 0 Å². The lowest BCUT2D eigenvalue weighted by Gasteiger charge is -2.27. The molecule has 1 unspecified atom stereocenters. The molecule has 1 atom stereocenters. The molecule has 0 radical (unpaired) electrons. The topological polar surface area (TPSA) is 108 Å². The third kappa shape index (κ3) is 6.11. The first-order valence-corrected chi connectivity index (χ1v) is 9.67. The predicted molar refractivity (Wildman–Crippen MR) is 109 cm³/mol. The van der Waals surface area contributed by atoms with Gasteiger partial charge < -0.3 is 20.9 Å². The number of rotatable bonds is 10. The van der Waals surface area contributed by atoms with Crippen LogP contribution in [0, 0.1) is 5.92 Å². The largest absolute Gasteiger partial charge is 0.368 e. The van der Waals surface area contributed by atoms with Crippen molar-refractivity contribution in [1.29, 1.82) is 0 Å². The van der Waals surface area contributed by atoms with Crippen molar-refractivity contribution >= 4 is 28.6 Å². The van der Waals surface area contributed by atoms with Crippen LogP contribution in [0.5, 0.6) is 0 Å². The highest BCUT2D eigenvalue weighted by Gasteiger charge is 2.26. The van der Waals surface area contributed by atoms with Crippen molar-refractivity contribution < 1.29 is 14.4 Å². The third-order valence-electron chi connectivity index (χ3n) is 4.69. The van der Waals surface area contributed by atoms with E-state index in [1.807, 2.05) is 30.5 Å². The Morgan fingerprint density at radius 2 is 1.89 bits per heavy atom. The lowest BCUT2D eigenvalue weighted by atomic mass is 10.0. The normalized spacial score (nSPS) is 12.1. The van der Waals surface area contributed by atoms with Crippen LogP contribution in [0.25, 0.3) is 10.9 Å². The molecule has 0 saturated heterocycles. The average molecular weight is 386 g/mol. The highest BCUT2D eigenvalue weighted by atomic mass is 16.2. The van der Waals surface area contributed by atoms with Crippen LogP contribution >= 0.6 is 0 Å². The van der Waals surface area contributed by atoms with Crippen molar-refractivity contribution in [2.45, 2.75) is 46.1 Å². The zero-order chi connectivity index (χ0) is 20.7. The lowest BCUT2D eigenvalue weighted by Crippen LogP contribution is -2.50. The summed E-state index contributed by atoms with van der Waals surface area (Å²) >= 11 is 0. The minimum Gasteiger partial charge on any atom is -0.368 e. The minimum absolute atomic E-state index is 0.168. The first kappa shape index (κ1) is 21.5. The molecule has 0 spiro atoms. The monoisotopic (exact) mass is 386 g/mol. The van der Waals surface area contributed by atoms with Gasteiger partial charge in [0, 0.05) is 30.6 Å². The maximum atomic E-state index is 13.0. The molecule has 3 amide bonds. The maximum absolute atomic E-state index is 13.0. The van der Waals surface area contributed by atoms with E-state index >= 15 is 0 Å². The molecule has 1 aromatic carbocycles. The lowest BCUT2D eigenvalue weighted by molar-refractivity contribution is -0.138. The van der Waals surface area contributed by atoms with Gasteiger partial charge in [0.25, 0.3) is 0 Å². The number of primary amides is 1. The number of fused-ring (bicyclic) bond motifs is 1. The Morgan fingerprint density at radius 3 is 2.54 bits per heavy atom. The number of para-hydroxylation sites is 1. The van der Waals surface area contributed by atoms with E-state index in [0.717, 1.165) is 22.9 Å². The van der Waals surface area contributed by atoms with Gasteiger partial charge in [0.1, 0.15) is 6.04 Å². The Morgan fingerprint density at radius 1 is 1.18 bits per heavy atom. The number of H-pyrrole nitrogens is 1. The smallest absolute Gasteiger partial charge is 0.245 e. The van der Waals surface area contributed by atoms with Crippen molar-refractivity contribution in [3.63, 3.8) is 0 Å².